The monoisotopic (exact) mass is 571 g/mol. The van der Waals surface area contributed by atoms with Gasteiger partial charge in [-0.3, -0.25) is 9.59 Å². The zero-order valence-electron chi connectivity index (χ0n) is 18.2. The second-order valence-corrected chi connectivity index (χ2v) is 9.55. The van der Waals surface area contributed by atoms with Gasteiger partial charge in [-0.05, 0) is 89.7 Å². The van der Waals surface area contributed by atoms with E-state index in [0.29, 0.717) is 35.3 Å². The van der Waals surface area contributed by atoms with Crippen molar-refractivity contribution in [2.24, 2.45) is 0 Å². The van der Waals surface area contributed by atoms with Crippen LogP contribution in [0.25, 0.3) is 6.08 Å². The van der Waals surface area contributed by atoms with Gasteiger partial charge in [0, 0.05) is 0 Å². The van der Waals surface area contributed by atoms with E-state index in [1.807, 2.05) is 50.2 Å². The number of rotatable bonds is 7. The van der Waals surface area contributed by atoms with E-state index in [1.54, 1.807) is 30.3 Å². The summed E-state index contributed by atoms with van der Waals surface area (Å²) in [5.74, 6) is 0.933. The summed E-state index contributed by atoms with van der Waals surface area (Å²) in [7, 11) is 0. The van der Waals surface area contributed by atoms with Crippen molar-refractivity contribution >= 4 is 57.3 Å². The van der Waals surface area contributed by atoms with E-state index in [4.69, 9.17) is 9.47 Å². The zero-order valence-corrected chi connectivity index (χ0v) is 21.2. The molecule has 0 aliphatic carbocycles. The molecular weight excluding hydrogens is 549 g/mol. The van der Waals surface area contributed by atoms with Crippen molar-refractivity contribution in [3.8, 4) is 11.5 Å². The molecule has 3 aromatic rings. The molecule has 1 saturated heterocycles. The van der Waals surface area contributed by atoms with E-state index in [1.165, 1.54) is 10.5 Å². The molecule has 4 rings (SSSR count). The summed E-state index contributed by atoms with van der Waals surface area (Å²) in [6.07, 6.45) is 1.73. The van der Waals surface area contributed by atoms with Gasteiger partial charge in [-0.25, -0.2) is 4.90 Å². The highest BCUT2D eigenvalue weighted by atomic mass is 127. The van der Waals surface area contributed by atoms with Gasteiger partial charge in [0.15, 0.2) is 11.5 Å². The summed E-state index contributed by atoms with van der Waals surface area (Å²) < 4.78 is 12.8. The lowest BCUT2D eigenvalue weighted by molar-refractivity contribution is -0.113. The number of imide groups is 1. The van der Waals surface area contributed by atoms with Crippen LogP contribution in [0.4, 0.5) is 10.5 Å². The van der Waals surface area contributed by atoms with Gasteiger partial charge in [0.05, 0.1) is 20.8 Å². The van der Waals surface area contributed by atoms with E-state index < -0.39 is 0 Å². The SMILES string of the molecule is CCOc1cc(/C=C2\SC(=O)N(c3ccccc3)C2=O)cc(I)c1OCc1cccc(C)c1. The molecule has 3 aromatic carbocycles. The fraction of sp³-hybridized carbons (Fsp3) is 0.154. The number of ether oxygens (including phenoxy) is 2. The van der Waals surface area contributed by atoms with Gasteiger partial charge in [-0.15, -0.1) is 0 Å². The number of hydrogen-bond donors (Lipinski definition) is 0. The molecule has 1 fully saturated rings. The standard InChI is InChI=1S/C26H22INO4S/c1-3-31-22-14-19(13-21(27)24(22)32-16-18-9-7-8-17(2)12-18)15-23-25(29)28(26(30)33-23)20-10-5-4-6-11-20/h4-15H,3,16H2,1-2H3/b23-15-. The van der Waals surface area contributed by atoms with Gasteiger partial charge in [-0.2, -0.15) is 0 Å². The van der Waals surface area contributed by atoms with Crippen LogP contribution in [0.5, 0.6) is 11.5 Å². The number of para-hydroxylation sites is 1. The Morgan fingerprint density at radius 1 is 1.00 bits per heavy atom. The quantitative estimate of drug-likeness (QED) is 0.230. The molecule has 0 saturated carbocycles. The first kappa shape index (κ1) is 23.4. The number of carbonyl (C=O) groups is 2. The number of thioether (sulfide) groups is 1. The summed E-state index contributed by atoms with van der Waals surface area (Å²) in [5, 5.41) is -0.310. The van der Waals surface area contributed by atoms with E-state index in [2.05, 4.69) is 28.7 Å². The largest absolute Gasteiger partial charge is 0.490 e. The number of aryl methyl sites for hydroxylation is 1. The Kier molecular flexibility index (Phi) is 7.39. The third kappa shape index (κ3) is 5.42. The van der Waals surface area contributed by atoms with Crippen molar-refractivity contribution in [2.75, 3.05) is 11.5 Å². The number of amides is 2. The Hall–Kier alpha value is -2.78. The van der Waals surface area contributed by atoms with Gasteiger partial charge < -0.3 is 9.47 Å². The number of benzene rings is 3. The number of nitrogens with zero attached hydrogens (tertiary/aromatic N) is 1. The Labute approximate surface area is 210 Å². The Morgan fingerprint density at radius 2 is 1.79 bits per heavy atom. The fourth-order valence-corrected chi connectivity index (χ4v) is 5.07. The maximum atomic E-state index is 12.9. The molecule has 0 bridgehead atoms. The molecule has 1 aliphatic rings. The lowest BCUT2D eigenvalue weighted by Crippen LogP contribution is -2.27. The van der Waals surface area contributed by atoms with Crippen molar-refractivity contribution < 1.29 is 19.1 Å². The van der Waals surface area contributed by atoms with Crippen LogP contribution in [0, 0.1) is 10.5 Å². The average molecular weight is 571 g/mol. The van der Waals surface area contributed by atoms with E-state index in [9.17, 15) is 9.59 Å². The Bertz CT molecular complexity index is 1230. The van der Waals surface area contributed by atoms with Crippen molar-refractivity contribution in [1.29, 1.82) is 0 Å². The van der Waals surface area contributed by atoms with Gasteiger partial charge in [0.1, 0.15) is 6.61 Å². The molecule has 0 unspecified atom stereocenters. The smallest absolute Gasteiger partial charge is 0.298 e. The molecule has 33 heavy (non-hydrogen) atoms. The summed E-state index contributed by atoms with van der Waals surface area (Å²) in [4.78, 5) is 27.0. The second-order valence-electron chi connectivity index (χ2n) is 7.39. The van der Waals surface area contributed by atoms with Crippen LogP contribution in [-0.2, 0) is 11.4 Å². The number of halogens is 1. The molecule has 0 spiro atoms. The van der Waals surface area contributed by atoms with Crippen LogP contribution >= 0.6 is 34.4 Å². The maximum Gasteiger partial charge on any atom is 0.298 e. The number of hydrogen-bond acceptors (Lipinski definition) is 5. The predicted octanol–water partition coefficient (Wildman–Crippen LogP) is 6.82. The minimum absolute atomic E-state index is 0.310. The Balaban J connectivity index is 1.60. The van der Waals surface area contributed by atoms with Crippen LogP contribution < -0.4 is 14.4 Å². The molecule has 168 valence electrons. The normalized spacial score (nSPS) is 14.8. The fourth-order valence-electron chi connectivity index (χ4n) is 3.45. The third-order valence-corrected chi connectivity index (χ3v) is 6.57. The summed E-state index contributed by atoms with van der Waals surface area (Å²) in [5.41, 5.74) is 3.58. The highest BCUT2D eigenvalue weighted by Crippen LogP contribution is 2.39. The zero-order chi connectivity index (χ0) is 23.4. The highest BCUT2D eigenvalue weighted by molar-refractivity contribution is 14.1. The van der Waals surface area contributed by atoms with Crippen molar-refractivity contribution in [1.82, 2.24) is 0 Å². The molecule has 1 aliphatic heterocycles. The molecule has 5 nitrogen and oxygen atoms in total. The molecule has 0 N–H and O–H groups in total. The van der Waals surface area contributed by atoms with E-state index in [0.717, 1.165) is 26.5 Å². The minimum Gasteiger partial charge on any atom is -0.490 e. The predicted molar refractivity (Wildman–Crippen MR) is 141 cm³/mol. The lowest BCUT2D eigenvalue weighted by Gasteiger charge is -2.15. The first-order chi connectivity index (χ1) is 16.0. The minimum atomic E-state index is -0.330. The summed E-state index contributed by atoms with van der Waals surface area (Å²) >= 11 is 3.14. The van der Waals surface area contributed by atoms with Gasteiger partial charge in [0.25, 0.3) is 11.1 Å². The van der Waals surface area contributed by atoms with E-state index >= 15 is 0 Å². The first-order valence-electron chi connectivity index (χ1n) is 10.4. The van der Waals surface area contributed by atoms with Crippen LogP contribution in [-0.4, -0.2) is 17.8 Å². The third-order valence-electron chi connectivity index (χ3n) is 4.90. The molecule has 0 atom stereocenters. The van der Waals surface area contributed by atoms with Gasteiger partial charge >= 0.3 is 0 Å². The first-order valence-corrected chi connectivity index (χ1v) is 12.3. The molecule has 0 radical (unpaired) electrons. The van der Waals surface area contributed by atoms with Crippen LogP contribution in [0.3, 0.4) is 0 Å². The van der Waals surface area contributed by atoms with Crippen LogP contribution in [0.1, 0.15) is 23.6 Å². The van der Waals surface area contributed by atoms with E-state index in [-0.39, 0.29) is 11.1 Å². The van der Waals surface area contributed by atoms with Crippen LogP contribution in [0.2, 0.25) is 0 Å². The molecule has 2 amide bonds. The summed E-state index contributed by atoms with van der Waals surface area (Å²) in [6, 6.07) is 20.9. The molecule has 7 heteroatoms. The number of anilines is 1. The molecular formula is C26H22INO4S. The van der Waals surface area contributed by atoms with Gasteiger partial charge in [0.2, 0.25) is 0 Å². The molecule has 0 aromatic heterocycles. The van der Waals surface area contributed by atoms with Crippen molar-refractivity contribution in [2.45, 2.75) is 20.5 Å². The Morgan fingerprint density at radius 3 is 2.52 bits per heavy atom. The number of carbonyl (C=O) groups excluding carboxylic acids is 2. The van der Waals surface area contributed by atoms with Crippen molar-refractivity contribution in [3.63, 3.8) is 0 Å². The topological polar surface area (TPSA) is 55.8 Å². The average Bonchev–Trinajstić information content (AvgIpc) is 3.06. The maximum absolute atomic E-state index is 12.9. The second kappa shape index (κ2) is 10.4. The lowest BCUT2D eigenvalue weighted by atomic mass is 10.1. The summed E-state index contributed by atoms with van der Waals surface area (Å²) in [6.45, 7) is 4.86. The van der Waals surface area contributed by atoms with Crippen molar-refractivity contribution in [3.05, 3.63) is 91.9 Å². The van der Waals surface area contributed by atoms with Crippen LogP contribution in [0.15, 0.2) is 71.6 Å². The highest BCUT2D eigenvalue weighted by Gasteiger charge is 2.36. The van der Waals surface area contributed by atoms with Gasteiger partial charge in [-0.1, -0.05) is 48.0 Å². The molecule has 1 heterocycles.